The molecule has 1 aromatic heterocycles. The standard InChI is InChI=1S/C15H14BrNO2/c16-12-6-7-13(17-11-12)10-14(18)8-9-19-15-4-2-1-3-5-15/h1-7,11H,8-10H2. The van der Waals surface area contributed by atoms with E-state index in [-0.39, 0.29) is 5.78 Å². The smallest absolute Gasteiger partial charge is 0.142 e. The molecule has 0 unspecified atom stereocenters. The molecular formula is C15H14BrNO2. The minimum atomic E-state index is 0.130. The molecule has 2 aromatic rings. The van der Waals surface area contributed by atoms with Crippen molar-refractivity contribution >= 4 is 21.7 Å². The number of Topliss-reactive ketones (excluding diaryl/α,β-unsaturated/α-hetero) is 1. The van der Waals surface area contributed by atoms with Crippen LogP contribution in [0.2, 0.25) is 0 Å². The van der Waals surface area contributed by atoms with E-state index in [0.717, 1.165) is 15.9 Å². The lowest BCUT2D eigenvalue weighted by molar-refractivity contribution is -0.118. The van der Waals surface area contributed by atoms with Gasteiger partial charge >= 0.3 is 0 Å². The number of carbonyl (C=O) groups excluding carboxylic acids is 1. The zero-order chi connectivity index (χ0) is 13.5. The van der Waals surface area contributed by atoms with Crippen LogP contribution in [-0.2, 0) is 11.2 Å². The van der Waals surface area contributed by atoms with Gasteiger partial charge in [0.1, 0.15) is 11.5 Å². The van der Waals surface area contributed by atoms with Crippen molar-refractivity contribution in [2.75, 3.05) is 6.61 Å². The highest BCUT2D eigenvalue weighted by Gasteiger charge is 2.05. The van der Waals surface area contributed by atoms with Gasteiger partial charge in [-0.2, -0.15) is 0 Å². The Morgan fingerprint density at radius 2 is 1.95 bits per heavy atom. The predicted molar refractivity (Wildman–Crippen MR) is 77.2 cm³/mol. The molecule has 0 aliphatic rings. The average Bonchev–Trinajstić information content (AvgIpc) is 2.43. The molecule has 0 fully saturated rings. The van der Waals surface area contributed by atoms with Crippen molar-refractivity contribution in [2.45, 2.75) is 12.8 Å². The summed E-state index contributed by atoms with van der Waals surface area (Å²) < 4.78 is 6.40. The average molecular weight is 320 g/mol. The fraction of sp³-hybridized carbons (Fsp3) is 0.200. The maximum Gasteiger partial charge on any atom is 0.142 e. The van der Waals surface area contributed by atoms with E-state index in [1.807, 2.05) is 42.5 Å². The fourth-order valence-corrected chi connectivity index (χ4v) is 1.84. The van der Waals surface area contributed by atoms with Crippen molar-refractivity contribution in [1.29, 1.82) is 0 Å². The normalized spacial score (nSPS) is 10.2. The van der Waals surface area contributed by atoms with Gasteiger partial charge in [0, 0.05) is 29.2 Å². The van der Waals surface area contributed by atoms with Gasteiger partial charge < -0.3 is 4.74 Å². The van der Waals surface area contributed by atoms with Crippen molar-refractivity contribution in [3.05, 3.63) is 58.8 Å². The van der Waals surface area contributed by atoms with Crippen LogP contribution >= 0.6 is 15.9 Å². The van der Waals surface area contributed by atoms with Crippen LogP contribution in [0.4, 0.5) is 0 Å². The molecule has 0 saturated carbocycles. The third kappa shape index (κ3) is 4.83. The third-order valence-electron chi connectivity index (χ3n) is 2.56. The molecule has 0 atom stereocenters. The lowest BCUT2D eigenvalue weighted by atomic mass is 10.1. The maximum atomic E-state index is 11.8. The molecule has 2 rings (SSSR count). The lowest BCUT2D eigenvalue weighted by Gasteiger charge is -2.05. The number of ketones is 1. The first-order valence-electron chi connectivity index (χ1n) is 6.04. The number of nitrogens with zero attached hydrogens (tertiary/aromatic N) is 1. The van der Waals surface area contributed by atoms with Gasteiger partial charge in [-0.05, 0) is 40.2 Å². The molecule has 0 radical (unpaired) electrons. The summed E-state index contributed by atoms with van der Waals surface area (Å²) in [7, 11) is 0. The van der Waals surface area contributed by atoms with Crippen molar-refractivity contribution in [2.24, 2.45) is 0 Å². The second-order valence-corrected chi connectivity index (χ2v) is 5.01. The van der Waals surface area contributed by atoms with Crippen LogP contribution in [0.1, 0.15) is 12.1 Å². The first-order valence-corrected chi connectivity index (χ1v) is 6.83. The number of hydrogen-bond donors (Lipinski definition) is 0. The highest BCUT2D eigenvalue weighted by molar-refractivity contribution is 9.10. The molecular weight excluding hydrogens is 306 g/mol. The van der Waals surface area contributed by atoms with Gasteiger partial charge in [0.2, 0.25) is 0 Å². The van der Waals surface area contributed by atoms with E-state index in [1.165, 1.54) is 0 Å². The molecule has 0 amide bonds. The van der Waals surface area contributed by atoms with Gasteiger partial charge in [-0.15, -0.1) is 0 Å². The first-order chi connectivity index (χ1) is 9.24. The third-order valence-corrected chi connectivity index (χ3v) is 3.03. The summed E-state index contributed by atoms with van der Waals surface area (Å²) in [6.07, 6.45) is 2.45. The van der Waals surface area contributed by atoms with Crippen LogP contribution in [0.25, 0.3) is 0 Å². The highest BCUT2D eigenvalue weighted by Crippen LogP contribution is 2.10. The molecule has 0 saturated heterocycles. The van der Waals surface area contributed by atoms with Crippen molar-refractivity contribution in [1.82, 2.24) is 4.98 Å². The molecule has 0 aliphatic carbocycles. The Morgan fingerprint density at radius 3 is 2.63 bits per heavy atom. The van der Waals surface area contributed by atoms with Gasteiger partial charge in [-0.25, -0.2) is 0 Å². The summed E-state index contributed by atoms with van der Waals surface area (Å²) >= 11 is 3.31. The van der Waals surface area contributed by atoms with E-state index >= 15 is 0 Å². The number of halogens is 1. The Hall–Kier alpha value is -1.68. The minimum Gasteiger partial charge on any atom is -0.493 e. The molecule has 0 spiro atoms. The number of para-hydroxylation sites is 1. The van der Waals surface area contributed by atoms with Crippen LogP contribution in [0, 0.1) is 0 Å². The summed E-state index contributed by atoms with van der Waals surface area (Å²) in [5.74, 6) is 0.919. The number of rotatable bonds is 6. The number of carbonyl (C=O) groups is 1. The number of aromatic nitrogens is 1. The predicted octanol–water partition coefficient (Wildman–Crippen LogP) is 3.42. The lowest BCUT2D eigenvalue weighted by Crippen LogP contribution is -2.09. The number of benzene rings is 1. The summed E-state index contributed by atoms with van der Waals surface area (Å²) in [6, 6.07) is 13.2. The first kappa shape index (κ1) is 13.7. The Labute approximate surface area is 120 Å². The van der Waals surface area contributed by atoms with Crippen molar-refractivity contribution < 1.29 is 9.53 Å². The molecule has 1 heterocycles. The maximum absolute atomic E-state index is 11.8. The van der Waals surface area contributed by atoms with Gasteiger partial charge in [-0.3, -0.25) is 9.78 Å². The Kier molecular flexibility index (Phi) is 5.10. The Bertz CT molecular complexity index is 526. The summed E-state index contributed by atoms with van der Waals surface area (Å²) in [4.78, 5) is 15.9. The quantitative estimate of drug-likeness (QED) is 0.819. The van der Waals surface area contributed by atoms with E-state index in [1.54, 1.807) is 6.20 Å². The Morgan fingerprint density at radius 1 is 1.16 bits per heavy atom. The SMILES string of the molecule is O=C(CCOc1ccccc1)Cc1ccc(Br)cn1. The molecule has 0 aliphatic heterocycles. The number of ether oxygens (including phenoxy) is 1. The molecule has 0 N–H and O–H groups in total. The zero-order valence-corrected chi connectivity index (χ0v) is 12.0. The Balaban J connectivity index is 1.74. The number of hydrogen-bond acceptors (Lipinski definition) is 3. The summed E-state index contributed by atoms with van der Waals surface area (Å²) in [5.41, 5.74) is 0.785. The van der Waals surface area contributed by atoms with E-state index in [0.29, 0.717) is 19.4 Å². The van der Waals surface area contributed by atoms with Gasteiger partial charge in [-0.1, -0.05) is 18.2 Å². The summed E-state index contributed by atoms with van der Waals surface area (Å²) in [6.45, 7) is 0.402. The fourth-order valence-electron chi connectivity index (χ4n) is 1.60. The van der Waals surface area contributed by atoms with E-state index in [9.17, 15) is 4.79 Å². The van der Waals surface area contributed by atoms with Crippen LogP contribution in [0.3, 0.4) is 0 Å². The zero-order valence-electron chi connectivity index (χ0n) is 10.4. The van der Waals surface area contributed by atoms with Gasteiger partial charge in [0.25, 0.3) is 0 Å². The number of pyridine rings is 1. The van der Waals surface area contributed by atoms with Gasteiger partial charge in [0.05, 0.1) is 6.61 Å². The van der Waals surface area contributed by atoms with Crippen LogP contribution in [-0.4, -0.2) is 17.4 Å². The van der Waals surface area contributed by atoms with Gasteiger partial charge in [0.15, 0.2) is 0 Å². The molecule has 98 valence electrons. The topological polar surface area (TPSA) is 39.2 Å². The molecule has 19 heavy (non-hydrogen) atoms. The highest BCUT2D eigenvalue weighted by atomic mass is 79.9. The molecule has 3 nitrogen and oxygen atoms in total. The van der Waals surface area contributed by atoms with E-state index in [4.69, 9.17) is 4.74 Å². The minimum absolute atomic E-state index is 0.130. The van der Waals surface area contributed by atoms with E-state index < -0.39 is 0 Å². The molecule has 1 aromatic carbocycles. The second-order valence-electron chi connectivity index (χ2n) is 4.09. The largest absolute Gasteiger partial charge is 0.493 e. The summed E-state index contributed by atoms with van der Waals surface area (Å²) in [5, 5.41) is 0. The van der Waals surface area contributed by atoms with Crippen LogP contribution in [0.15, 0.2) is 53.1 Å². The van der Waals surface area contributed by atoms with Crippen LogP contribution in [0.5, 0.6) is 5.75 Å². The van der Waals surface area contributed by atoms with E-state index in [2.05, 4.69) is 20.9 Å². The molecule has 0 bridgehead atoms. The van der Waals surface area contributed by atoms with Crippen molar-refractivity contribution in [3.63, 3.8) is 0 Å². The van der Waals surface area contributed by atoms with Crippen LogP contribution < -0.4 is 4.74 Å². The second kappa shape index (κ2) is 7.04. The molecule has 4 heteroatoms. The van der Waals surface area contributed by atoms with Crippen molar-refractivity contribution in [3.8, 4) is 5.75 Å². The monoisotopic (exact) mass is 319 g/mol.